The quantitative estimate of drug-likeness (QED) is 0.879. The Hall–Kier alpha value is -1.07. The molecule has 0 aromatic heterocycles. The summed E-state index contributed by atoms with van der Waals surface area (Å²) in [7, 11) is 1.65. The van der Waals surface area contributed by atoms with Crippen molar-refractivity contribution in [3.8, 4) is 11.8 Å². The molecule has 2 aliphatic rings. The Balaban J connectivity index is 0.00000192. The molecular formula is C15H18ClN3O2S2. The Bertz CT molecular complexity index is 611. The maximum atomic E-state index is 12.6. The van der Waals surface area contributed by atoms with Gasteiger partial charge in [0.1, 0.15) is 11.8 Å². The van der Waals surface area contributed by atoms with Gasteiger partial charge in [-0.1, -0.05) is 12.1 Å². The van der Waals surface area contributed by atoms with Gasteiger partial charge < -0.3 is 9.64 Å². The van der Waals surface area contributed by atoms with E-state index in [1.807, 2.05) is 24.3 Å². The fourth-order valence-corrected chi connectivity index (χ4v) is 4.89. The standard InChI is InChI=1S/C15H17N3O2S2.ClH/c1-20-12-4-2-3-10(5-12)14-17-13(8-22-14)15(19)18-9-21-7-11(18)6-16;/h2-5,11,13-14,17H,7-9H2,1H3;1H/t11-,13+,14?;/m1./s1. The van der Waals surface area contributed by atoms with E-state index in [1.165, 1.54) is 0 Å². The third kappa shape index (κ3) is 3.89. The maximum Gasteiger partial charge on any atom is 0.242 e. The summed E-state index contributed by atoms with van der Waals surface area (Å²) >= 11 is 3.35. The lowest BCUT2D eigenvalue weighted by Gasteiger charge is -2.22. The monoisotopic (exact) mass is 371 g/mol. The lowest BCUT2D eigenvalue weighted by Crippen LogP contribution is -2.47. The van der Waals surface area contributed by atoms with Crippen molar-refractivity contribution < 1.29 is 9.53 Å². The van der Waals surface area contributed by atoms with Crippen molar-refractivity contribution >= 4 is 41.8 Å². The summed E-state index contributed by atoms with van der Waals surface area (Å²) in [4.78, 5) is 14.3. The van der Waals surface area contributed by atoms with Gasteiger partial charge in [-0.15, -0.1) is 35.9 Å². The highest BCUT2D eigenvalue weighted by Crippen LogP contribution is 2.35. The molecule has 3 atom stereocenters. The van der Waals surface area contributed by atoms with Gasteiger partial charge in [0, 0.05) is 11.5 Å². The first-order chi connectivity index (χ1) is 10.7. The van der Waals surface area contributed by atoms with E-state index in [2.05, 4.69) is 11.4 Å². The third-order valence-corrected chi connectivity index (χ3v) is 6.07. The van der Waals surface area contributed by atoms with Crippen molar-refractivity contribution in [1.82, 2.24) is 10.2 Å². The van der Waals surface area contributed by atoms with E-state index >= 15 is 0 Å². The Morgan fingerprint density at radius 2 is 2.30 bits per heavy atom. The van der Waals surface area contributed by atoms with Crippen LogP contribution >= 0.6 is 35.9 Å². The van der Waals surface area contributed by atoms with Crippen LogP contribution in [0.5, 0.6) is 5.75 Å². The first-order valence-electron chi connectivity index (χ1n) is 7.02. The van der Waals surface area contributed by atoms with Crippen molar-refractivity contribution in [3.63, 3.8) is 0 Å². The number of thioether (sulfide) groups is 2. The minimum absolute atomic E-state index is 0. The van der Waals surface area contributed by atoms with E-state index in [1.54, 1.807) is 35.5 Å². The summed E-state index contributed by atoms with van der Waals surface area (Å²) in [6.07, 6.45) is 0. The number of nitrogens with zero attached hydrogens (tertiary/aromatic N) is 2. The van der Waals surface area contributed by atoms with Gasteiger partial charge in [-0.05, 0) is 17.7 Å². The second-order valence-electron chi connectivity index (χ2n) is 5.16. The smallest absolute Gasteiger partial charge is 0.242 e. The van der Waals surface area contributed by atoms with Crippen molar-refractivity contribution in [1.29, 1.82) is 5.26 Å². The van der Waals surface area contributed by atoms with Crippen LogP contribution in [0.3, 0.4) is 0 Å². The molecule has 0 spiro atoms. The van der Waals surface area contributed by atoms with Crippen LogP contribution in [0.1, 0.15) is 10.9 Å². The molecule has 1 N–H and O–H groups in total. The Morgan fingerprint density at radius 3 is 3.04 bits per heavy atom. The molecular weight excluding hydrogens is 354 g/mol. The van der Waals surface area contributed by atoms with Crippen LogP contribution in [-0.2, 0) is 4.79 Å². The Labute approximate surface area is 150 Å². The van der Waals surface area contributed by atoms with Crippen molar-refractivity contribution in [3.05, 3.63) is 29.8 Å². The highest BCUT2D eigenvalue weighted by Gasteiger charge is 2.37. The molecule has 1 aromatic carbocycles. The van der Waals surface area contributed by atoms with Crippen molar-refractivity contribution in [2.24, 2.45) is 0 Å². The summed E-state index contributed by atoms with van der Waals surface area (Å²) in [5.74, 6) is 2.90. The van der Waals surface area contributed by atoms with E-state index in [-0.39, 0.29) is 35.8 Å². The number of carbonyl (C=O) groups excluding carboxylic acids is 1. The van der Waals surface area contributed by atoms with Gasteiger partial charge in [-0.25, -0.2) is 0 Å². The number of carbonyl (C=O) groups is 1. The van der Waals surface area contributed by atoms with Gasteiger partial charge in [0.2, 0.25) is 5.91 Å². The van der Waals surface area contributed by atoms with Crippen molar-refractivity contribution in [2.45, 2.75) is 17.5 Å². The van der Waals surface area contributed by atoms with Gasteiger partial charge in [-0.3, -0.25) is 10.1 Å². The largest absolute Gasteiger partial charge is 0.497 e. The number of amides is 1. The first kappa shape index (κ1) is 18.3. The topological polar surface area (TPSA) is 65.4 Å². The molecule has 2 fully saturated rings. The minimum atomic E-state index is -0.292. The highest BCUT2D eigenvalue weighted by atomic mass is 35.5. The van der Waals surface area contributed by atoms with E-state index in [9.17, 15) is 4.79 Å². The molecule has 2 heterocycles. The molecule has 2 aliphatic heterocycles. The summed E-state index contributed by atoms with van der Waals surface area (Å²) in [6, 6.07) is 9.57. The van der Waals surface area contributed by atoms with E-state index < -0.39 is 0 Å². The molecule has 3 rings (SSSR count). The first-order valence-corrected chi connectivity index (χ1v) is 9.22. The predicted molar refractivity (Wildman–Crippen MR) is 95.9 cm³/mol. The normalized spacial score (nSPS) is 26.4. The summed E-state index contributed by atoms with van der Waals surface area (Å²) in [6.45, 7) is 0. The number of methoxy groups -OCH3 is 1. The molecule has 0 saturated carbocycles. The molecule has 0 aliphatic carbocycles. The number of nitrogens with one attached hydrogen (secondary N) is 1. The Morgan fingerprint density at radius 1 is 1.48 bits per heavy atom. The van der Waals surface area contributed by atoms with Gasteiger partial charge in [0.15, 0.2) is 0 Å². The average molecular weight is 372 g/mol. The van der Waals surface area contributed by atoms with E-state index in [0.29, 0.717) is 11.6 Å². The maximum absolute atomic E-state index is 12.6. The van der Waals surface area contributed by atoms with Crippen molar-refractivity contribution in [2.75, 3.05) is 24.5 Å². The molecule has 124 valence electrons. The number of ether oxygens (including phenoxy) is 1. The van der Waals surface area contributed by atoms with Crippen LogP contribution in [0.2, 0.25) is 0 Å². The SMILES string of the molecule is COc1cccc(C2N[C@H](C(=O)N3CSC[C@H]3C#N)CS2)c1.Cl. The molecule has 1 aromatic rings. The molecule has 5 nitrogen and oxygen atoms in total. The fourth-order valence-electron chi connectivity index (χ4n) is 2.58. The lowest BCUT2D eigenvalue weighted by molar-refractivity contribution is -0.132. The predicted octanol–water partition coefficient (Wildman–Crippen LogP) is 2.25. The van der Waals surface area contributed by atoms with E-state index in [0.717, 1.165) is 17.1 Å². The van der Waals surface area contributed by atoms with Crippen LogP contribution in [-0.4, -0.2) is 47.4 Å². The second kappa shape index (κ2) is 8.15. The Kier molecular flexibility index (Phi) is 6.48. The minimum Gasteiger partial charge on any atom is -0.497 e. The molecule has 2 saturated heterocycles. The molecule has 23 heavy (non-hydrogen) atoms. The van der Waals surface area contributed by atoms with Gasteiger partial charge >= 0.3 is 0 Å². The van der Waals surface area contributed by atoms with Crippen LogP contribution in [0.4, 0.5) is 0 Å². The van der Waals surface area contributed by atoms with E-state index in [4.69, 9.17) is 10.00 Å². The molecule has 1 unspecified atom stereocenters. The summed E-state index contributed by atoms with van der Waals surface area (Å²) in [5, 5.41) is 12.6. The fraction of sp³-hybridized carbons (Fsp3) is 0.467. The molecule has 0 bridgehead atoms. The van der Waals surface area contributed by atoms with Crippen LogP contribution in [0.25, 0.3) is 0 Å². The van der Waals surface area contributed by atoms with Gasteiger partial charge in [0.25, 0.3) is 0 Å². The summed E-state index contributed by atoms with van der Waals surface area (Å²) in [5.41, 5.74) is 1.10. The van der Waals surface area contributed by atoms with Crippen LogP contribution < -0.4 is 10.1 Å². The second-order valence-corrected chi connectivity index (χ2v) is 7.30. The zero-order valence-electron chi connectivity index (χ0n) is 12.6. The van der Waals surface area contributed by atoms with Gasteiger partial charge in [-0.2, -0.15) is 5.26 Å². The number of nitriles is 1. The third-order valence-electron chi connectivity index (χ3n) is 3.79. The molecule has 8 heteroatoms. The van der Waals surface area contributed by atoms with Gasteiger partial charge in [0.05, 0.1) is 30.5 Å². The molecule has 1 amide bonds. The number of hydrogen-bond donors (Lipinski definition) is 1. The highest BCUT2D eigenvalue weighted by molar-refractivity contribution is 8.00. The van der Waals surface area contributed by atoms with Crippen LogP contribution in [0, 0.1) is 11.3 Å². The lowest BCUT2D eigenvalue weighted by atomic mass is 10.2. The average Bonchev–Trinajstić information content (AvgIpc) is 3.23. The number of rotatable bonds is 3. The number of hydrogen-bond acceptors (Lipinski definition) is 6. The number of benzene rings is 1. The summed E-state index contributed by atoms with van der Waals surface area (Å²) < 4.78 is 5.25. The zero-order valence-corrected chi connectivity index (χ0v) is 15.0. The number of halogens is 1. The zero-order chi connectivity index (χ0) is 15.5. The van der Waals surface area contributed by atoms with Crippen LogP contribution in [0.15, 0.2) is 24.3 Å². The molecule has 0 radical (unpaired) electrons.